The van der Waals surface area contributed by atoms with Gasteiger partial charge in [-0.05, 0) is 25.7 Å². The fraction of sp³-hybridized carbons (Fsp3) is 0.875. The summed E-state index contributed by atoms with van der Waals surface area (Å²) in [5.74, 6) is 7.34. The normalized spacial score (nSPS) is 24.8. The van der Waals surface area contributed by atoms with Crippen molar-refractivity contribution in [2.24, 2.45) is 5.92 Å². The number of unbranched alkanes of at least 4 members (excludes halogenated alkanes) is 2. The lowest BCUT2D eigenvalue weighted by molar-refractivity contribution is 0.0241. The maximum atomic E-state index is 5.98. The third-order valence-corrected chi connectivity index (χ3v) is 3.43. The first-order valence-corrected chi connectivity index (χ1v) is 7.48. The molecule has 0 aliphatic heterocycles. The van der Waals surface area contributed by atoms with Crippen molar-refractivity contribution in [3.05, 3.63) is 0 Å². The zero-order valence-corrected chi connectivity index (χ0v) is 11.6. The Kier molecular flexibility index (Phi) is 8.18. The Morgan fingerprint density at radius 1 is 1.06 bits per heavy atom. The summed E-state index contributed by atoms with van der Waals surface area (Å²) < 4.78 is 5.98. The molecule has 0 N–H and O–H groups in total. The van der Waals surface area contributed by atoms with E-state index < -0.39 is 0 Å². The lowest BCUT2D eigenvalue weighted by atomic mass is 9.97. The molecule has 0 aromatic rings. The van der Waals surface area contributed by atoms with Gasteiger partial charge in [0.1, 0.15) is 0 Å². The van der Waals surface area contributed by atoms with E-state index in [0.29, 0.717) is 12.0 Å². The van der Waals surface area contributed by atoms with Crippen molar-refractivity contribution in [1.82, 2.24) is 0 Å². The smallest absolute Gasteiger partial charge is 0.0712 e. The van der Waals surface area contributed by atoms with Crippen molar-refractivity contribution in [3.8, 4) is 11.8 Å². The van der Waals surface area contributed by atoms with Crippen molar-refractivity contribution in [3.63, 3.8) is 0 Å². The molecule has 0 heterocycles. The lowest BCUT2D eigenvalue weighted by Crippen LogP contribution is -2.22. The first-order chi connectivity index (χ1) is 8.38. The Balaban J connectivity index is 2.45. The molecule has 98 valence electrons. The Morgan fingerprint density at radius 3 is 2.65 bits per heavy atom. The summed E-state index contributed by atoms with van der Waals surface area (Å²) >= 11 is 0. The van der Waals surface area contributed by atoms with Gasteiger partial charge in [0.05, 0.1) is 6.10 Å². The molecule has 17 heavy (non-hydrogen) atoms. The van der Waals surface area contributed by atoms with Crippen LogP contribution in [-0.4, -0.2) is 12.7 Å². The Labute approximate surface area is 107 Å². The highest BCUT2D eigenvalue weighted by molar-refractivity contribution is 5.06. The highest BCUT2D eigenvalue weighted by Gasteiger charge is 2.22. The molecule has 1 saturated carbocycles. The predicted octanol–water partition coefficient (Wildman–Crippen LogP) is 4.56. The second kappa shape index (κ2) is 9.54. The van der Waals surface area contributed by atoms with E-state index in [1.807, 2.05) is 0 Å². The van der Waals surface area contributed by atoms with E-state index >= 15 is 0 Å². The van der Waals surface area contributed by atoms with Gasteiger partial charge in [0, 0.05) is 18.9 Å². The van der Waals surface area contributed by atoms with E-state index in [1.165, 1.54) is 44.9 Å². The van der Waals surface area contributed by atoms with E-state index in [2.05, 4.69) is 25.7 Å². The molecule has 1 fully saturated rings. The molecule has 1 rings (SSSR count). The molecule has 0 amide bonds. The fourth-order valence-corrected chi connectivity index (χ4v) is 2.38. The van der Waals surface area contributed by atoms with Crippen molar-refractivity contribution in [2.75, 3.05) is 6.61 Å². The van der Waals surface area contributed by atoms with Crippen LogP contribution in [0.15, 0.2) is 0 Å². The van der Waals surface area contributed by atoms with Crippen LogP contribution in [0.25, 0.3) is 0 Å². The van der Waals surface area contributed by atoms with Gasteiger partial charge in [0.2, 0.25) is 0 Å². The number of hydrogen-bond donors (Lipinski definition) is 0. The van der Waals surface area contributed by atoms with Gasteiger partial charge in [0.15, 0.2) is 0 Å². The van der Waals surface area contributed by atoms with Crippen molar-refractivity contribution in [1.29, 1.82) is 0 Å². The van der Waals surface area contributed by atoms with Crippen LogP contribution in [0.2, 0.25) is 0 Å². The molecule has 0 aromatic heterocycles. The third-order valence-electron chi connectivity index (χ3n) is 3.43. The SMILES string of the molecule is CCCCC#C[C@H]1CCCCC[C@H]1OCCC. The van der Waals surface area contributed by atoms with Crippen LogP contribution in [0.5, 0.6) is 0 Å². The van der Waals surface area contributed by atoms with E-state index in [1.54, 1.807) is 0 Å². The van der Waals surface area contributed by atoms with Crippen LogP contribution in [0.4, 0.5) is 0 Å². The second-order valence-corrected chi connectivity index (χ2v) is 5.08. The standard InChI is InChI=1S/C16H28O/c1-3-5-6-8-11-15-12-9-7-10-13-16(15)17-14-4-2/h15-16H,3-7,9-10,12-14H2,1-2H3/t15-,16+/m0/s1. The topological polar surface area (TPSA) is 9.23 Å². The molecule has 0 bridgehead atoms. The average Bonchev–Trinajstić information content (AvgIpc) is 2.57. The van der Waals surface area contributed by atoms with Crippen molar-refractivity contribution in [2.45, 2.75) is 77.7 Å². The van der Waals surface area contributed by atoms with Gasteiger partial charge in [-0.2, -0.15) is 0 Å². The minimum atomic E-state index is 0.409. The zero-order chi connectivity index (χ0) is 12.3. The molecule has 1 heteroatoms. The Bertz CT molecular complexity index is 236. The number of hydrogen-bond acceptors (Lipinski definition) is 1. The van der Waals surface area contributed by atoms with Gasteiger partial charge in [-0.3, -0.25) is 0 Å². The Morgan fingerprint density at radius 2 is 1.88 bits per heavy atom. The van der Waals surface area contributed by atoms with Gasteiger partial charge >= 0.3 is 0 Å². The van der Waals surface area contributed by atoms with Crippen LogP contribution in [0.3, 0.4) is 0 Å². The van der Waals surface area contributed by atoms with E-state index in [4.69, 9.17) is 4.74 Å². The number of rotatable bonds is 5. The van der Waals surface area contributed by atoms with Crippen molar-refractivity contribution >= 4 is 0 Å². The second-order valence-electron chi connectivity index (χ2n) is 5.08. The zero-order valence-electron chi connectivity index (χ0n) is 11.6. The summed E-state index contributed by atoms with van der Waals surface area (Å²) in [6, 6.07) is 0. The Hall–Kier alpha value is -0.480. The molecule has 0 unspecified atom stereocenters. The molecule has 1 aliphatic rings. The van der Waals surface area contributed by atoms with E-state index in [9.17, 15) is 0 Å². The summed E-state index contributed by atoms with van der Waals surface area (Å²) in [5.41, 5.74) is 0. The molecule has 0 saturated heterocycles. The van der Waals surface area contributed by atoms with Crippen LogP contribution in [0.1, 0.15) is 71.6 Å². The molecule has 0 aromatic carbocycles. The maximum Gasteiger partial charge on any atom is 0.0712 e. The van der Waals surface area contributed by atoms with Crippen LogP contribution in [0, 0.1) is 17.8 Å². The van der Waals surface area contributed by atoms with E-state index in [-0.39, 0.29) is 0 Å². The first kappa shape index (κ1) is 14.6. The molecule has 0 radical (unpaired) electrons. The monoisotopic (exact) mass is 236 g/mol. The third kappa shape index (κ3) is 6.13. The summed E-state index contributed by atoms with van der Waals surface area (Å²) in [4.78, 5) is 0. The molecule has 2 atom stereocenters. The van der Waals surface area contributed by atoms with Gasteiger partial charge in [-0.1, -0.05) is 45.5 Å². The molecular formula is C16H28O. The van der Waals surface area contributed by atoms with Gasteiger partial charge in [-0.15, -0.1) is 5.92 Å². The predicted molar refractivity (Wildman–Crippen MR) is 73.9 cm³/mol. The summed E-state index contributed by atoms with van der Waals surface area (Å²) in [6.07, 6.45) is 11.5. The summed E-state index contributed by atoms with van der Waals surface area (Å²) in [7, 11) is 0. The van der Waals surface area contributed by atoms with E-state index in [0.717, 1.165) is 19.4 Å². The van der Waals surface area contributed by atoms with Gasteiger partial charge in [-0.25, -0.2) is 0 Å². The molecule has 0 spiro atoms. The lowest BCUT2D eigenvalue weighted by Gasteiger charge is -2.21. The highest BCUT2D eigenvalue weighted by atomic mass is 16.5. The van der Waals surface area contributed by atoms with Crippen molar-refractivity contribution < 1.29 is 4.74 Å². The molecule has 1 aliphatic carbocycles. The van der Waals surface area contributed by atoms with Gasteiger partial charge in [0.25, 0.3) is 0 Å². The number of ether oxygens (including phenoxy) is 1. The highest BCUT2D eigenvalue weighted by Crippen LogP contribution is 2.25. The molecule has 1 nitrogen and oxygen atoms in total. The molecular weight excluding hydrogens is 208 g/mol. The summed E-state index contributed by atoms with van der Waals surface area (Å²) in [6.45, 7) is 5.30. The maximum absolute atomic E-state index is 5.98. The van der Waals surface area contributed by atoms with Crippen LogP contribution < -0.4 is 0 Å². The van der Waals surface area contributed by atoms with Crippen LogP contribution in [-0.2, 0) is 4.74 Å². The minimum absolute atomic E-state index is 0.409. The summed E-state index contributed by atoms with van der Waals surface area (Å²) in [5, 5.41) is 0. The minimum Gasteiger partial charge on any atom is -0.377 e. The largest absolute Gasteiger partial charge is 0.377 e. The fourth-order valence-electron chi connectivity index (χ4n) is 2.38. The van der Waals surface area contributed by atoms with Gasteiger partial charge < -0.3 is 4.74 Å². The first-order valence-electron chi connectivity index (χ1n) is 7.48. The average molecular weight is 236 g/mol. The van der Waals surface area contributed by atoms with Crippen LogP contribution >= 0.6 is 0 Å². The quantitative estimate of drug-likeness (QED) is 0.386.